The number of carbonyl (C=O) groups excluding carboxylic acids is 2. The summed E-state index contributed by atoms with van der Waals surface area (Å²) in [7, 11) is 1.43. The number of thiocarbonyl (C=S) groups is 1. The van der Waals surface area contributed by atoms with Crippen molar-refractivity contribution in [2.24, 2.45) is 0 Å². The van der Waals surface area contributed by atoms with Gasteiger partial charge in [0.25, 0.3) is 11.8 Å². The molecule has 30 heavy (non-hydrogen) atoms. The molecule has 0 aliphatic carbocycles. The van der Waals surface area contributed by atoms with E-state index in [9.17, 15) is 14.7 Å². The van der Waals surface area contributed by atoms with Crippen molar-refractivity contribution in [3.05, 3.63) is 70.8 Å². The van der Waals surface area contributed by atoms with Gasteiger partial charge in [-0.3, -0.25) is 19.8 Å². The molecule has 0 saturated carbocycles. The zero-order valence-electron chi connectivity index (χ0n) is 17.0. The highest BCUT2D eigenvalue weighted by molar-refractivity contribution is 7.80. The van der Waals surface area contributed by atoms with Crippen LogP contribution in [0.5, 0.6) is 11.5 Å². The largest absolute Gasteiger partial charge is 0.504 e. The molecule has 154 valence electrons. The third-order valence-corrected chi connectivity index (χ3v) is 5.27. The van der Waals surface area contributed by atoms with Crippen LogP contribution in [-0.2, 0) is 16.0 Å². The number of hydrogen-bond acceptors (Lipinski definition) is 5. The van der Waals surface area contributed by atoms with Gasteiger partial charge < -0.3 is 9.84 Å². The Morgan fingerprint density at radius 3 is 2.67 bits per heavy atom. The standard InChI is InChI=1S/C23H22N2O4S/c1-5-7-16-10-15(12-19(29-4)20(16)26)11-17-21(27)24-23(30)25(22(17)28)18-9-6-8-13(2)14(18)3/h5-6,8-12,26H,1,7H2,2-4H3,(H,24,27,30)/b17-11+. The molecule has 3 rings (SSSR count). The predicted molar refractivity (Wildman–Crippen MR) is 121 cm³/mol. The van der Waals surface area contributed by atoms with Crippen molar-refractivity contribution >= 4 is 40.9 Å². The van der Waals surface area contributed by atoms with Gasteiger partial charge in [0.05, 0.1) is 12.8 Å². The van der Waals surface area contributed by atoms with Gasteiger partial charge in [0.15, 0.2) is 16.6 Å². The fourth-order valence-electron chi connectivity index (χ4n) is 3.26. The van der Waals surface area contributed by atoms with Crippen LogP contribution in [0, 0.1) is 13.8 Å². The Morgan fingerprint density at radius 1 is 1.27 bits per heavy atom. The van der Waals surface area contributed by atoms with Gasteiger partial charge in [0, 0.05) is 5.56 Å². The van der Waals surface area contributed by atoms with E-state index < -0.39 is 11.8 Å². The topological polar surface area (TPSA) is 78.9 Å². The zero-order chi connectivity index (χ0) is 22.0. The summed E-state index contributed by atoms with van der Waals surface area (Å²) in [5.74, 6) is -0.859. The van der Waals surface area contributed by atoms with Gasteiger partial charge in [-0.15, -0.1) is 6.58 Å². The second-order valence-electron chi connectivity index (χ2n) is 6.90. The number of ether oxygens (including phenoxy) is 1. The summed E-state index contributed by atoms with van der Waals surface area (Å²) in [4.78, 5) is 27.2. The summed E-state index contributed by atoms with van der Waals surface area (Å²) in [6, 6.07) is 8.80. The minimum atomic E-state index is -0.580. The number of nitrogens with zero attached hydrogens (tertiary/aromatic N) is 1. The average molecular weight is 423 g/mol. The van der Waals surface area contributed by atoms with Crippen molar-refractivity contribution in [1.29, 1.82) is 0 Å². The number of benzene rings is 2. The van der Waals surface area contributed by atoms with E-state index in [0.29, 0.717) is 23.2 Å². The average Bonchev–Trinajstić information content (AvgIpc) is 2.70. The Balaban J connectivity index is 2.10. The van der Waals surface area contributed by atoms with Gasteiger partial charge in [-0.2, -0.15) is 0 Å². The number of phenolic OH excluding ortho intramolecular Hbond substituents is 1. The van der Waals surface area contributed by atoms with Crippen LogP contribution in [0.4, 0.5) is 5.69 Å². The minimum Gasteiger partial charge on any atom is -0.504 e. The first-order valence-corrected chi connectivity index (χ1v) is 9.67. The Morgan fingerprint density at radius 2 is 2.00 bits per heavy atom. The molecule has 0 spiro atoms. The van der Waals surface area contributed by atoms with Crippen LogP contribution in [0.3, 0.4) is 0 Å². The fraction of sp³-hybridized carbons (Fsp3) is 0.174. The van der Waals surface area contributed by atoms with E-state index in [1.807, 2.05) is 26.0 Å². The highest BCUT2D eigenvalue weighted by Crippen LogP contribution is 2.33. The maximum Gasteiger partial charge on any atom is 0.270 e. The molecule has 0 atom stereocenters. The van der Waals surface area contributed by atoms with E-state index in [1.54, 1.807) is 24.3 Å². The number of rotatable bonds is 5. The second kappa shape index (κ2) is 8.51. The molecule has 1 saturated heterocycles. The zero-order valence-corrected chi connectivity index (χ0v) is 17.8. The van der Waals surface area contributed by atoms with E-state index in [0.717, 1.165) is 11.1 Å². The number of aryl methyl sites for hydroxylation is 1. The molecule has 1 heterocycles. The van der Waals surface area contributed by atoms with Gasteiger partial charge in [0.1, 0.15) is 5.57 Å². The van der Waals surface area contributed by atoms with Crippen molar-refractivity contribution in [2.45, 2.75) is 20.3 Å². The Labute approximate surface area is 180 Å². The number of carbonyl (C=O) groups is 2. The van der Waals surface area contributed by atoms with Crippen molar-refractivity contribution < 1.29 is 19.4 Å². The highest BCUT2D eigenvalue weighted by Gasteiger charge is 2.35. The number of aromatic hydroxyl groups is 1. The van der Waals surface area contributed by atoms with Crippen molar-refractivity contribution in [3.8, 4) is 11.5 Å². The maximum atomic E-state index is 13.3. The molecule has 6 nitrogen and oxygen atoms in total. The number of phenols is 1. The Bertz CT molecular complexity index is 1100. The molecule has 0 bridgehead atoms. The van der Waals surface area contributed by atoms with Crippen LogP contribution in [0.15, 0.2) is 48.6 Å². The molecule has 1 fully saturated rings. The lowest BCUT2D eigenvalue weighted by Gasteiger charge is -2.30. The number of amides is 2. The number of anilines is 1. The van der Waals surface area contributed by atoms with Crippen molar-refractivity contribution in [1.82, 2.24) is 5.32 Å². The van der Waals surface area contributed by atoms with Gasteiger partial charge >= 0.3 is 0 Å². The van der Waals surface area contributed by atoms with Crippen LogP contribution in [0.25, 0.3) is 6.08 Å². The molecule has 1 aliphatic rings. The van der Waals surface area contributed by atoms with E-state index in [1.165, 1.54) is 18.1 Å². The molecule has 2 aromatic rings. The summed E-state index contributed by atoms with van der Waals surface area (Å²) >= 11 is 5.28. The van der Waals surface area contributed by atoms with Gasteiger partial charge in [-0.1, -0.05) is 18.2 Å². The Kier molecular flexibility index (Phi) is 6.03. The van der Waals surface area contributed by atoms with Crippen molar-refractivity contribution in [2.75, 3.05) is 12.0 Å². The number of allylic oxidation sites excluding steroid dienone is 1. The SMILES string of the molecule is C=CCc1cc(/C=C2\C(=O)NC(=S)N(c3cccc(C)c3C)C2=O)cc(OC)c1O. The van der Waals surface area contributed by atoms with Crippen LogP contribution in [0.1, 0.15) is 22.3 Å². The van der Waals surface area contributed by atoms with E-state index in [4.69, 9.17) is 17.0 Å². The molecular weight excluding hydrogens is 400 g/mol. The molecule has 0 radical (unpaired) electrons. The predicted octanol–water partition coefficient (Wildman–Crippen LogP) is 3.58. The summed E-state index contributed by atoms with van der Waals surface area (Å²) in [6.45, 7) is 7.52. The van der Waals surface area contributed by atoms with Crippen LogP contribution in [-0.4, -0.2) is 29.1 Å². The molecule has 0 unspecified atom stereocenters. The summed E-state index contributed by atoms with van der Waals surface area (Å²) in [5.41, 5.74) is 3.55. The second-order valence-corrected chi connectivity index (χ2v) is 7.29. The van der Waals surface area contributed by atoms with Crippen LogP contribution in [0.2, 0.25) is 0 Å². The van der Waals surface area contributed by atoms with Crippen molar-refractivity contribution in [3.63, 3.8) is 0 Å². The summed E-state index contributed by atoms with van der Waals surface area (Å²) in [6.07, 6.45) is 3.51. The lowest BCUT2D eigenvalue weighted by atomic mass is 10.0. The number of hydrogen-bond donors (Lipinski definition) is 2. The van der Waals surface area contributed by atoms with Crippen LogP contribution >= 0.6 is 12.2 Å². The molecule has 0 aromatic heterocycles. The normalized spacial score (nSPS) is 15.4. The van der Waals surface area contributed by atoms with E-state index in [-0.39, 0.29) is 22.2 Å². The molecule has 2 aromatic carbocycles. The third-order valence-electron chi connectivity index (χ3n) is 4.99. The van der Waals surface area contributed by atoms with E-state index in [2.05, 4.69) is 11.9 Å². The fourth-order valence-corrected chi connectivity index (χ4v) is 3.53. The van der Waals surface area contributed by atoms with Gasteiger partial charge in [0.2, 0.25) is 0 Å². The molecule has 2 amide bonds. The number of nitrogens with one attached hydrogen (secondary N) is 1. The van der Waals surface area contributed by atoms with Gasteiger partial charge in [-0.25, -0.2) is 0 Å². The maximum absolute atomic E-state index is 13.3. The monoisotopic (exact) mass is 422 g/mol. The first-order chi connectivity index (χ1) is 14.3. The summed E-state index contributed by atoms with van der Waals surface area (Å²) in [5, 5.41) is 12.9. The molecule has 1 aliphatic heterocycles. The minimum absolute atomic E-state index is 0.00263. The first kappa shape index (κ1) is 21.3. The number of methoxy groups -OCH3 is 1. The third kappa shape index (κ3) is 3.84. The van der Waals surface area contributed by atoms with E-state index >= 15 is 0 Å². The molecule has 7 heteroatoms. The van der Waals surface area contributed by atoms with Crippen LogP contribution < -0.4 is 15.0 Å². The molecular formula is C23H22N2O4S. The Hall–Kier alpha value is -3.45. The molecule has 2 N–H and O–H groups in total. The lowest BCUT2D eigenvalue weighted by Crippen LogP contribution is -2.54. The smallest absolute Gasteiger partial charge is 0.270 e. The van der Waals surface area contributed by atoms with Gasteiger partial charge in [-0.05, 0) is 73.5 Å². The first-order valence-electron chi connectivity index (χ1n) is 9.27. The highest BCUT2D eigenvalue weighted by atomic mass is 32.1. The quantitative estimate of drug-likeness (QED) is 0.333. The summed E-state index contributed by atoms with van der Waals surface area (Å²) < 4.78 is 5.22. The lowest BCUT2D eigenvalue weighted by molar-refractivity contribution is -0.122.